The van der Waals surface area contributed by atoms with Crippen molar-refractivity contribution in [2.75, 3.05) is 7.11 Å². The molecule has 8 heteroatoms. The Morgan fingerprint density at radius 2 is 2.00 bits per heavy atom. The molecule has 6 nitrogen and oxygen atoms in total. The number of pyridine rings is 1. The van der Waals surface area contributed by atoms with Crippen LogP contribution in [0.25, 0.3) is 0 Å². The van der Waals surface area contributed by atoms with Gasteiger partial charge in [-0.1, -0.05) is 12.1 Å². The van der Waals surface area contributed by atoms with Crippen molar-refractivity contribution in [3.8, 4) is 11.5 Å². The van der Waals surface area contributed by atoms with Crippen LogP contribution in [0.1, 0.15) is 5.56 Å². The number of para-hydroxylation sites is 1. The number of thiocarbonyl (C=S) groups is 1. The van der Waals surface area contributed by atoms with Gasteiger partial charge >= 0.3 is 22.8 Å². The molecular formula is C14H17CuN4O2S+3. The largest absolute Gasteiger partial charge is 2.00 e. The van der Waals surface area contributed by atoms with E-state index in [1.807, 2.05) is 18.2 Å². The summed E-state index contributed by atoms with van der Waals surface area (Å²) in [4.78, 5) is 3.78. The Morgan fingerprint density at radius 3 is 2.45 bits per heavy atom. The number of nitrogens with one attached hydrogen (secondary N) is 1. The molecule has 0 saturated carbocycles. The molecule has 1 radical (unpaired) electrons. The number of rotatable bonds is 3. The minimum atomic E-state index is 0. The standard InChI is InChI=1S/C9H11N3O2S.C5H5N.Cu/c1-14-7-4-2-3-6(8(7)13)5-11-12-9(10)15;1-2-4-6-5-3-1;/h2-5,13H,1H3,(H3,10,12,15);1-5H;/q;;+2/p+1. The Balaban J connectivity index is 0.000000529. The quantitative estimate of drug-likeness (QED) is 0.280. The van der Waals surface area contributed by atoms with E-state index < -0.39 is 0 Å². The fraction of sp³-hybridized carbons (Fsp3) is 0.0714. The van der Waals surface area contributed by atoms with Gasteiger partial charge in [-0.25, -0.2) is 0 Å². The summed E-state index contributed by atoms with van der Waals surface area (Å²) in [6.07, 6.45) is 4.96. The van der Waals surface area contributed by atoms with Crippen molar-refractivity contribution in [1.82, 2.24) is 10.4 Å². The summed E-state index contributed by atoms with van der Waals surface area (Å²) in [5.41, 5.74) is 8.22. The maximum Gasteiger partial charge on any atom is 2.00 e. The average molecular weight is 369 g/mol. The van der Waals surface area contributed by atoms with E-state index in [1.165, 1.54) is 13.3 Å². The topological polar surface area (TPSA) is 95.4 Å². The van der Waals surface area contributed by atoms with E-state index in [1.54, 1.807) is 30.6 Å². The normalized spacial score (nSPS) is 9.14. The second-order valence-electron chi connectivity index (χ2n) is 3.68. The van der Waals surface area contributed by atoms with Crippen LogP contribution in [0.2, 0.25) is 0 Å². The van der Waals surface area contributed by atoms with Crippen LogP contribution in [0, 0.1) is 0 Å². The summed E-state index contributed by atoms with van der Waals surface area (Å²) >= 11 is 4.57. The first-order chi connectivity index (χ1) is 10.1. The van der Waals surface area contributed by atoms with Crippen molar-refractivity contribution in [2.45, 2.75) is 0 Å². The van der Waals surface area contributed by atoms with E-state index in [-0.39, 0.29) is 27.9 Å². The predicted molar refractivity (Wildman–Crippen MR) is 87.8 cm³/mol. The van der Waals surface area contributed by atoms with Gasteiger partial charge in [0.15, 0.2) is 5.11 Å². The molecule has 0 saturated heterocycles. The summed E-state index contributed by atoms with van der Waals surface area (Å²) in [6.45, 7) is 0. The van der Waals surface area contributed by atoms with Gasteiger partial charge < -0.3 is 15.6 Å². The first-order valence-corrected chi connectivity index (χ1v) is 6.38. The van der Waals surface area contributed by atoms with Crippen molar-refractivity contribution in [3.63, 3.8) is 0 Å². The molecule has 0 aliphatic heterocycles. The molecule has 22 heavy (non-hydrogen) atoms. The van der Waals surface area contributed by atoms with E-state index in [4.69, 9.17) is 15.6 Å². The first kappa shape index (κ1) is 19.8. The van der Waals surface area contributed by atoms with Crippen LogP contribution in [0.15, 0.2) is 53.9 Å². The zero-order valence-corrected chi connectivity index (χ0v) is 13.5. The Bertz CT molecular complexity index is 570. The minimum Gasteiger partial charge on any atom is -0.590 e. The van der Waals surface area contributed by atoms with E-state index in [2.05, 4.69) is 27.7 Å². The molecule has 1 aromatic carbocycles. The van der Waals surface area contributed by atoms with Crippen LogP contribution in [-0.2, 0) is 17.1 Å². The van der Waals surface area contributed by atoms with Crippen LogP contribution in [-0.4, -0.2) is 28.5 Å². The minimum absolute atomic E-state index is 0. The second-order valence-corrected chi connectivity index (χ2v) is 4.12. The van der Waals surface area contributed by atoms with Crippen LogP contribution in [0.4, 0.5) is 0 Å². The SMILES string of the molecule is COc1cccc(C=NNC(N)=S)c1[OH2+].[Cu+2].c1ccncc1. The van der Waals surface area contributed by atoms with Crippen LogP contribution < -0.4 is 15.9 Å². The van der Waals surface area contributed by atoms with E-state index in [9.17, 15) is 0 Å². The number of hydrogen-bond acceptors (Lipinski definition) is 4. The van der Waals surface area contributed by atoms with Gasteiger partial charge in [0.1, 0.15) is 0 Å². The number of hydrazone groups is 1. The molecule has 0 aliphatic rings. The monoisotopic (exact) mass is 368 g/mol. The van der Waals surface area contributed by atoms with Crippen molar-refractivity contribution in [3.05, 3.63) is 54.4 Å². The molecule has 5 N–H and O–H groups in total. The number of methoxy groups -OCH3 is 1. The van der Waals surface area contributed by atoms with Crippen molar-refractivity contribution >= 4 is 23.5 Å². The molecule has 2 aromatic rings. The van der Waals surface area contributed by atoms with Crippen molar-refractivity contribution in [2.24, 2.45) is 10.8 Å². The van der Waals surface area contributed by atoms with E-state index >= 15 is 0 Å². The average Bonchev–Trinajstić information content (AvgIpc) is 2.51. The summed E-state index contributed by atoms with van der Waals surface area (Å²) in [5.74, 6) is 0.766. The van der Waals surface area contributed by atoms with Gasteiger partial charge in [-0.2, -0.15) is 5.10 Å². The second kappa shape index (κ2) is 11.5. The smallest absolute Gasteiger partial charge is 0.590 e. The third-order valence-corrected chi connectivity index (χ3v) is 2.31. The Kier molecular flexibility index (Phi) is 10.4. The summed E-state index contributed by atoms with van der Waals surface area (Å²) in [6, 6.07) is 10.9. The van der Waals surface area contributed by atoms with Crippen LogP contribution in [0.5, 0.6) is 11.5 Å². The fourth-order valence-corrected chi connectivity index (χ4v) is 1.36. The molecule has 0 amide bonds. The van der Waals surface area contributed by atoms with Crippen molar-refractivity contribution in [1.29, 1.82) is 0 Å². The van der Waals surface area contributed by atoms with Crippen LogP contribution in [0.3, 0.4) is 0 Å². The van der Waals surface area contributed by atoms with E-state index in [0.29, 0.717) is 11.3 Å². The number of ether oxygens (including phenoxy) is 1. The van der Waals surface area contributed by atoms with Gasteiger partial charge in [0.25, 0.3) is 0 Å². The van der Waals surface area contributed by atoms with Crippen molar-refractivity contribution < 1.29 is 26.9 Å². The summed E-state index contributed by atoms with van der Waals surface area (Å²) in [5, 5.41) is 11.6. The van der Waals surface area contributed by atoms with Gasteiger partial charge in [-0.05, 0) is 36.5 Å². The number of nitrogens with zero attached hydrogens (tertiary/aromatic N) is 2. The summed E-state index contributed by atoms with van der Waals surface area (Å²) in [7, 11) is 1.52. The Morgan fingerprint density at radius 1 is 1.32 bits per heavy atom. The van der Waals surface area contributed by atoms with Crippen LogP contribution >= 0.6 is 12.2 Å². The van der Waals surface area contributed by atoms with E-state index in [0.717, 1.165) is 0 Å². The first-order valence-electron chi connectivity index (χ1n) is 5.97. The molecule has 0 spiro atoms. The zero-order valence-electron chi connectivity index (χ0n) is 11.8. The summed E-state index contributed by atoms with van der Waals surface area (Å²) < 4.78 is 4.99. The van der Waals surface area contributed by atoms with Gasteiger partial charge in [0.05, 0.1) is 18.9 Å². The molecule has 0 fully saturated rings. The molecule has 0 aliphatic carbocycles. The Hall–Kier alpha value is -2.15. The number of hydrogen-bond donors (Lipinski definition) is 2. The third kappa shape index (κ3) is 7.58. The maximum atomic E-state index is 7.72. The van der Waals surface area contributed by atoms with Gasteiger partial charge in [0, 0.05) is 12.4 Å². The molecule has 0 atom stereocenters. The fourth-order valence-electron chi connectivity index (χ4n) is 1.30. The molecule has 119 valence electrons. The predicted octanol–water partition coefficient (Wildman–Crippen LogP) is 1.38. The molecule has 0 unspecified atom stereocenters. The van der Waals surface area contributed by atoms with Gasteiger partial charge in [0.2, 0.25) is 5.75 Å². The molecule has 1 aromatic heterocycles. The molecular weight excluding hydrogens is 352 g/mol. The zero-order chi connectivity index (χ0) is 15.5. The molecule has 1 heterocycles. The number of nitrogens with two attached hydrogens (primary N) is 1. The number of benzene rings is 1. The third-order valence-electron chi connectivity index (χ3n) is 2.22. The van der Waals surface area contributed by atoms with Gasteiger partial charge in [-0.3, -0.25) is 10.4 Å². The number of aromatic nitrogens is 1. The van der Waals surface area contributed by atoms with Gasteiger partial charge in [-0.15, -0.1) is 0 Å². The maximum absolute atomic E-state index is 7.72. The molecule has 0 bridgehead atoms. The Labute approximate surface area is 144 Å². The molecule has 2 rings (SSSR count).